The summed E-state index contributed by atoms with van der Waals surface area (Å²) >= 11 is 0. The van der Waals surface area contributed by atoms with Gasteiger partial charge < -0.3 is 16.4 Å². The van der Waals surface area contributed by atoms with E-state index in [-0.39, 0.29) is 36.8 Å². The lowest BCUT2D eigenvalue weighted by molar-refractivity contribution is -0.783. The predicted octanol–water partition coefficient (Wildman–Crippen LogP) is 1.03. The number of benzene rings is 1. The highest BCUT2D eigenvalue weighted by molar-refractivity contribution is 7.88. The number of guanidine groups is 1. The Morgan fingerprint density at radius 2 is 1.79 bits per heavy atom. The first-order valence-electron chi connectivity index (χ1n) is 11.4. The quantitative estimate of drug-likeness (QED) is 0.302. The van der Waals surface area contributed by atoms with Crippen molar-refractivity contribution in [2.45, 2.75) is 44.4 Å². The SMILES string of the molecule is C[C@@H]1CCC[N+]1(C(N)=O)C(=O)CN(CC1CCN(C(=N)N)CC1)S(=O)(=O)Cc1ccccc1. The Labute approximate surface area is 195 Å². The number of nitrogens with zero attached hydrogens (tertiary/aromatic N) is 3. The van der Waals surface area contributed by atoms with E-state index in [1.807, 2.05) is 13.0 Å². The molecule has 0 aliphatic carbocycles. The Bertz CT molecular complexity index is 978. The molecule has 33 heavy (non-hydrogen) atoms. The van der Waals surface area contributed by atoms with Crippen LogP contribution in [0.3, 0.4) is 0 Å². The van der Waals surface area contributed by atoms with Gasteiger partial charge in [-0.15, -0.1) is 0 Å². The number of hydrogen-bond acceptors (Lipinski definition) is 5. The van der Waals surface area contributed by atoms with Gasteiger partial charge in [0.15, 0.2) is 5.96 Å². The summed E-state index contributed by atoms with van der Waals surface area (Å²) in [5.41, 5.74) is 11.9. The molecule has 2 fully saturated rings. The number of likely N-dealkylation sites (tertiary alicyclic amines) is 2. The summed E-state index contributed by atoms with van der Waals surface area (Å²) in [5, 5.41) is 7.60. The van der Waals surface area contributed by atoms with Gasteiger partial charge in [0.25, 0.3) is 0 Å². The number of urea groups is 1. The van der Waals surface area contributed by atoms with E-state index in [0.717, 1.165) is 0 Å². The van der Waals surface area contributed by atoms with Gasteiger partial charge in [0.05, 0.1) is 12.3 Å². The Kier molecular flexibility index (Phi) is 7.76. The summed E-state index contributed by atoms with van der Waals surface area (Å²) in [5.74, 6) is -0.658. The van der Waals surface area contributed by atoms with Gasteiger partial charge in [0.2, 0.25) is 10.0 Å². The molecule has 2 aliphatic heterocycles. The third kappa shape index (κ3) is 5.53. The normalized spacial score (nSPS) is 24.2. The monoisotopic (exact) mass is 479 g/mol. The lowest BCUT2D eigenvalue weighted by atomic mass is 9.97. The van der Waals surface area contributed by atoms with Crippen LogP contribution in [0.4, 0.5) is 4.79 Å². The van der Waals surface area contributed by atoms with Crippen molar-refractivity contribution in [3.8, 4) is 0 Å². The van der Waals surface area contributed by atoms with E-state index in [0.29, 0.717) is 50.9 Å². The highest BCUT2D eigenvalue weighted by Crippen LogP contribution is 2.29. The fraction of sp³-hybridized carbons (Fsp3) is 0.591. The molecule has 3 amide bonds. The summed E-state index contributed by atoms with van der Waals surface area (Å²) < 4.78 is 27.6. The van der Waals surface area contributed by atoms with E-state index in [1.165, 1.54) is 4.31 Å². The lowest BCUT2D eigenvalue weighted by Crippen LogP contribution is -2.64. The molecule has 10 nitrogen and oxygen atoms in total. The van der Waals surface area contributed by atoms with E-state index in [9.17, 15) is 18.0 Å². The molecule has 5 N–H and O–H groups in total. The number of amides is 3. The highest BCUT2D eigenvalue weighted by Gasteiger charge is 2.52. The van der Waals surface area contributed by atoms with Crippen molar-refractivity contribution in [1.29, 1.82) is 5.41 Å². The van der Waals surface area contributed by atoms with E-state index in [4.69, 9.17) is 16.9 Å². The molecule has 0 aromatic heterocycles. The van der Waals surface area contributed by atoms with Crippen molar-refractivity contribution in [2.75, 3.05) is 32.7 Å². The summed E-state index contributed by atoms with van der Waals surface area (Å²) in [6.45, 7) is 3.06. The fourth-order valence-electron chi connectivity index (χ4n) is 4.97. The van der Waals surface area contributed by atoms with Crippen molar-refractivity contribution in [2.24, 2.45) is 17.4 Å². The van der Waals surface area contributed by atoms with Crippen molar-refractivity contribution < 1.29 is 22.5 Å². The number of carbonyl (C=O) groups excluding carboxylic acids is 2. The van der Waals surface area contributed by atoms with E-state index < -0.39 is 26.4 Å². The fourth-order valence-corrected chi connectivity index (χ4v) is 6.51. The van der Waals surface area contributed by atoms with E-state index in [1.54, 1.807) is 29.2 Å². The number of primary amides is 1. The first-order valence-corrected chi connectivity index (χ1v) is 13.0. The topological polar surface area (TPSA) is 151 Å². The van der Waals surface area contributed by atoms with Gasteiger partial charge in [-0.1, -0.05) is 30.3 Å². The van der Waals surface area contributed by atoms with Crippen LogP contribution >= 0.6 is 0 Å². The molecule has 0 bridgehead atoms. The smallest absolute Gasteiger partial charge is 0.370 e. The molecule has 2 aliphatic rings. The van der Waals surface area contributed by atoms with Gasteiger partial charge in [0, 0.05) is 32.5 Å². The standard InChI is InChI=1S/C22H34N6O4S/c1-17-6-5-13-28(17,22(25)30)20(29)15-27(14-18-9-11-26(12-10-18)21(23)24)33(31,32)16-19-7-3-2-4-8-19/h2-4,7-8,17-18H,5-6,9-16H2,1H3,(H4-,23,24,25,30)/p+1/t17-,28?/m1/s1. The average molecular weight is 480 g/mol. The molecule has 11 heteroatoms. The van der Waals surface area contributed by atoms with Crippen LogP contribution in [0.25, 0.3) is 0 Å². The Hall–Kier alpha value is -2.50. The average Bonchev–Trinajstić information content (AvgIpc) is 3.16. The van der Waals surface area contributed by atoms with Crippen LogP contribution in [0.5, 0.6) is 0 Å². The van der Waals surface area contributed by atoms with Crippen molar-refractivity contribution in [3.05, 3.63) is 35.9 Å². The molecule has 182 valence electrons. The zero-order valence-corrected chi connectivity index (χ0v) is 20.0. The summed E-state index contributed by atoms with van der Waals surface area (Å²) in [7, 11) is -3.83. The minimum atomic E-state index is -3.83. The molecule has 0 saturated carbocycles. The van der Waals surface area contributed by atoms with E-state index >= 15 is 0 Å². The van der Waals surface area contributed by atoms with E-state index in [2.05, 4.69) is 0 Å². The number of hydrogen-bond donors (Lipinski definition) is 3. The molecular formula is C22H35N6O4S+. The maximum Gasteiger partial charge on any atom is 0.421 e. The van der Waals surface area contributed by atoms with Crippen LogP contribution in [0, 0.1) is 11.3 Å². The highest BCUT2D eigenvalue weighted by atomic mass is 32.2. The van der Waals surface area contributed by atoms with Crippen LogP contribution < -0.4 is 11.5 Å². The minimum absolute atomic E-state index is 0.00750. The summed E-state index contributed by atoms with van der Waals surface area (Å²) in [6.07, 6.45) is 2.71. The Morgan fingerprint density at radius 1 is 1.15 bits per heavy atom. The van der Waals surface area contributed by atoms with Gasteiger partial charge in [-0.05, 0) is 31.2 Å². The van der Waals surface area contributed by atoms with Crippen LogP contribution in [0.1, 0.15) is 38.2 Å². The van der Waals surface area contributed by atoms with Crippen LogP contribution in [0.15, 0.2) is 30.3 Å². The van der Waals surface area contributed by atoms with Crippen molar-refractivity contribution >= 4 is 27.9 Å². The largest absolute Gasteiger partial charge is 0.421 e. The van der Waals surface area contributed by atoms with Gasteiger partial charge in [0.1, 0.15) is 12.6 Å². The lowest BCUT2D eigenvalue weighted by Gasteiger charge is -2.36. The maximum absolute atomic E-state index is 13.4. The first kappa shape index (κ1) is 25.1. The summed E-state index contributed by atoms with van der Waals surface area (Å²) in [4.78, 5) is 27.5. The third-order valence-corrected chi connectivity index (χ3v) is 8.80. The molecule has 0 radical (unpaired) electrons. The second-order valence-electron chi connectivity index (χ2n) is 9.17. The minimum Gasteiger partial charge on any atom is -0.370 e. The van der Waals surface area contributed by atoms with Crippen molar-refractivity contribution in [3.63, 3.8) is 0 Å². The molecular weight excluding hydrogens is 444 g/mol. The molecule has 1 aromatic carbocycles. The zero-order valence-electron chi connectivity index (χ0n) is 19.2. The third-order valence-electron chi connectivity index (χ3n) is 7.04. The second-order valence-corrected chi connectivity index (χ2v) is 11.1. The molecule has 0 spiro atoms. The predicted molar refractivity (Wildman–Crippen MR) is 125 cm³/mol. The summed E-state index contributed by atoms with van der Waals surface area (Å²) in [6, 6.07) is 7.85. The number of quaternary nitrogens is 1. The molecule has 2 saturated heterocycles. The zero-order chi connectivity index (χ0) is 24.2. The molecule has 2 atom stereocenters. The number of piperidine rings is 1. The van der Waals surface area contributed by atoms with Gasteiger partial charge in [-0.3, -0.25) is 5.41 Å². The number of sulfonamides is 1. The second kappa shape index (κ2) is 10.2. The van der Waals surface area contributed by atoms with Crippen LogP contribution in [0.2, 0.25) is 0 Å². The van der Waals surface area contributed by atoms with Crippen LogP contribution in [-0.4, -0.2) is 78.8 Å². The Balaban J connectivity index is 1.83. The van der Waals surface area contributed by atoms with Gasteiger partial charge >= 0.3 is 11.9 Å². The molecule has 1 aromatic rings. The maximum atomic E-state index is 13.4. The number of nitrogens with one attached hydrogen (secondary N) is 1. The van der Waals surface area contributed by atoms with Gasteiger partial charge in [-0.25, -0.2) is 18.0 Å². The number of carbonyl (C=O) groups is 2. The number of nitrogens with two attached hydrogens (primary N) is 2. The molecule has 3 rings (SSSR count). The molecule has 2 heterocycles. The first-order chi connectivity index (χ1) is 15.6. The molecule has 1 unspecified atom stereocenters. The van der Waals surface area contributed by atoms with Gasteiger partial charge in [-0.2, -0.15) is 8.79 Å². The van der Waals surface area contributed by atoms with Crippen LogP contribution in [-0.2, 0) is 20.6 Å². The number of imide groups is 1. The van der Waals surface area contributed by atoms with Crippen molar-refractivity contribution in [1.82, 2.24) is 9.21 Å². The number of rotatable bonds is 7. The Morgan fingerprint density at radius 3 is 2.30 bits per heavy atom.